The molecule has 0 atom stereocenters. The summed E-state index contributed by atoms with van der Waals surface area (Å²) in [7, 11) is 9.75. The Morgan fingerprint density at radius 3 is 2.33 bits per heavy atom. The van der Waals surface area contributed by atoms with Crippen LogP contribution in [0.1, 0.15) is 21.9 Å². The van der Waals surface area contributed by atoms with Gasteiger partial charge >= 0.3 is 0 Å². The number of anilines is 1. The number of carbonyl (C=O) groups excluding carboxylic acids is 2. The summed E-state index contributed by atoms with van der Waals surface area (Å²) in [6, 6.07) is 5.53. The minimum atomic E-state index is -0.237. The average molecular weight is 372 g/mol. The maximum absolute atomic E-state index is 12.5. The van der Waals surface area contributed by atoms with Crippen LogP contribution in [-0.2, 0) is 11.8 Å². The monoisotopic (exact) mass is 372 g/mol. The Bertz CT molecular complexity index is 871. The van der Waals surface area contributed by atoms with Crippen molar-refractivity contribution in [3.05, 3.63) is 35.3 Å². The first-order valence-corrected chi connectivity index (χ1v) is 8.20. The molecule has 1 aromatic carbocycles. The highest BCUT2D eigenvalue weighted by atomic mass is 16.5. The average Bonchev–Trinajstić information content (AvgIpc) is 3.00. The number of ether oxygens (including phenoxy) is 2. The van der Waals surface area contributed by atoms with E-state index in [0.29, 0.717) is 35.2 Å². The minimum absolute atomic E-state index is 0.237. The van der Waals surface area contributed by atoms with Gasteiger partial charge in [-0.15, -0.1) is 0 Å². The molecule has 0 spiro atoms. The van der Waals surface area contributed by atoms with Gasteiger partial charge in [0.1, 0.15) is 5.82 Å². The molecule has 0 aliphatic heterocycles. The van der Waals surface area contributed by atoms with Crippen LogP contribution in [0.2, 0.25) is 0 Å². The van der Waals surface area contributed by atoms with Crippen molar-refractivity contribution in [3.63, 3.8) is 0 Å². The highest BCUT2D eigenvalue weighted by molar-refractivity contribution is 5.99. The van der Waals surface area contributed by atoms with Gasteiger partial charge in [0.2, 0.25) is 6.41 Å². The second kappa shape index (κ2) is 8.39. The molecule has 27 heavy (non-hydrogen) atoms. The van der Waals surface area contributed by atoms with E-state index >= 15 is 0 Å². The lowest BCUT2D eigenvalue weighted by Crippen LogP contribution is -2.27. The fourth-order valence-electron chi connectivity index (χ4n) is 2.52. The number of hydrogen-bond acceptors (Lipinski definition) is 5. The lowest BCUT2D eigenvalue weighted by Gasteiger charge is -2.14. The van der Waals surface area contributed by atoms with E-state index in [2.05, 4.69) is 4.98 Å². The summed E-state index contributed by atoms with van der Waals surface area (Å²) in [5.41, 5.74) is 1.21. The van der Waals surface area contributed by atoms with Crippen molar-refractivity contribution < 1.29 is 19.1 Å². The van der Waals surface area contributed by atoms with Crippen LogP contribution in [0.3, 0.4) is 0 Å². The molecule has 2 amide bonds. The van der Waals surface area contributed by atoms with Gasteiger partial charge < -0.3 is 23.8 Å². The molecule has 0 N–H and O–H groups in total. The van der Waals surface area contributed by atoms with Gasteiger partial charge in [-0.05, 0) is 23.8 Å². The Balaban J connectivity index is 2.46. The van der Waals surface area contributed by atoms with Gasteiger partial charge in [0.25, 0.3) is 5.91 Å². The van der Waals surface area contributed by atoms with Crippen LogP contribution in [0.4, 0.5) is 5.82 Å². The number of imidazole rings is 1. The molecule has 0 radical (unpaired) electrons. The number of aromatic nitrogens is 2. The summed E-state index contributed by atoms with van der Waals surface area (Å²) >= 11 is 0. The fourth-order valence-corrected chi connectivity index (χ4v) is 2.52. The molecule has 2 aromatic rings. The van der Waals surface area contributed by atoms with Gasteiger partial charge in [-0.3, -0.25) is 9.59 Å². The van der Waals surface area contributed by atoms with Gasteiger partial charge in [-0.25, -0.2) is 4.98 Å². The quantitative estimate of drug-likeness (QED) is 0.694. The summed E-state index contributed by atoms with van der Waals surface area (Å²) in [4.78, 5) is 30.9. The lowest BCUT2D eigenvalue weighted by atomic mass is 10.2. The molecule has 0 aliphatic rings. The summed E-state index contributed by atoms with van der Waals surface area (Å²) in [5, 5.41) is 0. The largest absolute Gasteiger partial charge is 0.493 e. The van der Waals surface area contributed by atoms with Crippen LogP contribution in [0.15, 0.2) is 18.2 Å². The van der Waals surface area contributed by atoms with Crippen molar-refractivity contribution >= 4 is 30.3 Å². The maximum Gasteiger partial charge on any atom is 0.273 e. The molecular formula is C19H24N4O4. The van der Waals surface area contributed by atoms with Crippen LogP contribution in [-0.4, -0.2) is 62.1 Å². The third-order valence-corrected chi connectivity index (χ3v) is 4.04. The molecule has 8 nitrogen and oxygen atoms in total. The zero-order chi connectivity index (χ0) is 20.1. The van der Waals surface area contributed by atoms with Crippen molar-refractivity contribution in [2.75, 3.05) is 40.3 Å². The smallest absolute Gasteiger partial charge is 0.273 e. The maximum atomic E-state index is 12.5. The third kappa shape index (κ3) is 4.11. The Hall–Kier alpha value is -3.29. The highest BCUT2D eigenvalue weighted by Gasteiger charge is 2.24. The SMILES string of the molecule is COc1ccc(/C=C/c2nc(N(C)C=O)c(C(=O)N(C)C)n2C)cc1OC. The molecule has 0 aliphatic carbocycles. The topological polar surface area (TPSA) is 76.9 Å². The number of methoxy groups -OCH3 is 2. The van der Waals surface area contributed by atoms with Crippen molar-refractivity contribution in [2.24, 2.45) is 7.05 Å². The number of rotatable bonds is 7. The Morgan fingerprint density at radius 2 is 1.78 bits per heavy atom. The van der Waals surface area contributed by atoms with E-state index in [1.165, 1.54) is 9.80 Å². The predicted octanol–water partition coefficient (Wildman–Crippen LogP) is 1.90. The van der Waals surface area contributed by atoms with Gasteiger partial charge in [0, 0.05) is 28.2 Å². The van der Waals surface area contributed by atoms with Crippen molar-refractivity contribution in [1.82, 2.24) is 14.5 Å². The second-order valence-electron chi connectivity index (χ2n) is 6.06. The molecule has 0 saturated carbocycles. The number of benzene rings is 1. The Labute approximate surface area is 158 Å². The zero-order valence-corrected chi connectivity index (χ0v) is 16.4. The molecule has 1 heterocycles. The number of amides is 2. The first-order valence-electron chi connectivity index (χ1n) is 8.20. The van der Waals surface area contributed by atoms with Gasteiger partial charge in [-0.2, -0.15) is 0 Å². The molecule has 144 valence electrons. The summed E-state index contributed by atoms with van der Waals surface area (Å²) in [5.74, 6) is 1.86. The van der Waals surface area contributed by atoms with E-state index in [9.17, 15) is 9.59 Å². The molecular weight excluding hydrogens is 348 g/mol. The van der Waals surface area contributed by atoms with Gasteiger partial charge in [0.15, 0.2) is 23.0 Å². The molecule has 1 aromatic heterocycles. The number of nitrogens with zero attached hydrogens (tertiary/aromatic N) is 4. The van der Waals surface area contributed by atoms with Crippen LogP contribution in [0.5, 0.6) is 11.5 Å². The van der Waals surface area contributed by atoms with E-state index in [0.717, 1.165) is 5.56 Å². The van der Waals surface area contributed by atoms with Gasteiger partial charge in [0.05, 0.1) is 14.2 Å². The summed E-state index contributed by atoms with van der Waals surface area (Å²) in [6.45, 7) is 0. The fraction of sp³-hybridized carbons (Fsp3) is 0.316. The first kappa shape index (κ1) is 20.0. The van der Waals surface area contributed by atoms with Crippen LogP contribution < -0.4 is 14.4 Å². The standard InChI is InChI=1S/C19H24N4O4/c1-21(2)19(25)17-18(22(3)12-24)20-16(23(17)4)10-8-13-7-9-14(26-5)15(11-13)27-6/h7-12H,1-6H3/b10-8+. The zero-order valence-electron chi connectivity index (χ0n) is 16.4. The minimum Gasteiger partial charge on any atom is -0.493 e. The normalized spacial score (nSPS) is 10.7. The van der Waals surface area contributed by atoms with Crippen LogP contribution >= 0.6 is 0 Å². The van der Waals surface area contributed by atoms with E-state index < -0.39 is 0 Å². The Morgan fingerprint density at radius 1 is 1.11 bits per heavy atom. The Kier molecular flexibility index (Phi) is 6.23. The van der Waals surface area contributed by atoms with Crippen molar-refractivity contribution in [2.45, 2.75) is 0 Å². The van der Waals surface area contributed by atoms with Crippen LogP contribution in [0.25, 0.3) is 12.2 Å². The first-order chi connectivity index (χ1) is 12.8. The van der Waals surface area contributed by atoms with E-state index in [-0.39, 0.29) is 5.91 Å². The second-order valence-corrected chi connectivity index (χ2v) is 6.06. The number of carbonyl (C=O) groups is 2. The summed E-state index contributed by atoms with van der Waals surface area (Å²) in [6.07, 6.45) is 4.24. The molecule has 0 bridgehead atoms. The molecule has 0 saturated heterocycles. The predicted molar refractivity (Wildman–Crippen MR) is 104 cm³/mol. The van der Waals surface area contributed by atoms with E-state index in [1.54, 1.807) is 53.1 Å². The molecule has 0 fully saturated rings. The summed E-state index contributed by atoms with van der Waals surface area (Å²) < 4.78 is 12.2. The molecule has 2 rings (SSSR count). The molecule has 8 heteroatoms. The lowest BCUT2D eigenvalue weighted by molar-refractivity contribution is -0.107. The van der Waals surface area contributed by atoms with Gasteiger partial charge in [-0.1, -0.05) is 12.1 Å². The molecule has 0 unspecified atom stereocenters. The van der Waals surface area contributed by atoms with Crippen molar-refractivity contribution in [1.29, 1.82) is 0 Å². The van der Waals surface area contributed by atoms with E-state index in [1.807, 2.05) is 24.3 Å². The van der Waals surface area contributed by atoms with Crippen molar-refractivity contribution in [3.8, 4) is 11.5 Å². The van der Waals surface area contributed by atoms with E-state index in [4.69, 9.17) is 9.47 Å². The van der Waals surface area contributed by atoms with Crippen LogP contribution in [0, 0.1) is 0 Å². The number of hydrogen-bond donors (Lipinski definition) is 0. The highest BCUT2D eigenvalue weighted by Crippen LogP contribution is 2.28. The third-order valence-electron chi connectivity index (χ3n) is 4.04.